The van der Waals surface area contributed by atoms with Crippen molar-refractivity contribution in [3.05, 3.63) is 23.8 Å². The highest BCUT2D eigenvalue weighted by molar-refractivity contribution is 5.66. The predicted octanol–water partition coefficient (Wildman–Crippen LogP) is 3.32. The number of hydrogen-bond donors (Lipinski definition) is 3. The molecule has 1 aliphatic rings. The zero-order chi connectivity index (χ0) is 13.9. The second kappa shape index (κ2) is 5.83. The highest BCUT2D eigenvalue weighted by Gasteiger charge is 2.32. The standard InChI is InChI=1S/C16H26N2O/c1-3-13-6-8-16(19,9-7-13)11-18-15-5-4-12(2)10-14(15)17/h4-5,10,13,18-19H,3,6-9,11,17H2,1-2H3. The number of nitrogens with one attached hydrogen (secondary N) is 1. The van der Waals surface area contributed by atoms with Crippen LogP contribution >= 0.6 is 0 Å². The number of aryl methyl sites for hydroxylation is 1. The van der Waals surface area contributed by atoms with Crippen LogP contribution in [0.3, 0.4) is 0 Å². The smallest absolute Gasteiger partial charge is 0.0819 e. The molecular weight excluding hydrogens is 236 g/mol. The molecule has 0 saturated heterocycles. The van der Waals surface area contributed by atoms with Crippen molar-refractivity contribution in [3.8, 4) is 0 Å². The number of rotatable bonds is 4. The zero-order valence-electron chi connectivity index (χ0n) is 12.1. The molecule has 0 spiro atoms. The van der Waals surface area contributed by atoms with Crippen LogP contribution in [0.25, 0.3) is 0 Å². The normalized spacial score (nSPS) is 27.2. The molecule has 19 heavy (non-hydrogen) atoms. The molecule has 4 N–H and O–H groups in total. The SMILES string of the molecule is CCC1CCC(O)(CNc2ccc(C)cc2N)CC1. The van der Waals surface area contributed by atoms with Gasteiger partial charge in [0.05, 0.1) is 17.0 Å². The van der Waals surface area contributed by atoms with Crippen molar-refractivity contribution in [2.75, 3.05) is 17.6 Å². The van der Waals surface area contributed by atoms with Gasteiger partial charge in [-0.15, -0.1) is 0 Å². The number of hydrogen-bond acceptors (Lipinski definition) is 3. The van der Waals surface area contributed by atoms with Gasteiger partial charge in [0, 0.05) is 6.54 Å². The van der Waals surface area contributed by atoms with Crippen LogP contribution in [-0.2, 0) is 0 Å². The van der Waals surface area contributed by atoms with E-state index in [1.807, 2.05) is 25.1 Å². The Balaban J connectivity index is 1.91. The lowest BCUT2D eigenvalue weighted by molar-refractivity contribution is 0.00231. The molecule has 1 saturated carbocycles. The van der Waals surface area contributed by atoms with E-state index in [1.54, 1.807) is 0 Å². The van der Waals surface area contributed by atoms with Crippen LogP contribution in [0.15, 0.2) is 18.2 Å². The number of benzene rings is 1. The molecule has 1 aliphatic carbocycles. The van der Waals surface area contributed by atoms with Gasteiger partial charge in [-0.2, -0.15) is 0 Å². The lowest BCUT2D eigenvalue weighted by Crippen LogP contribution is -2.40. The summed E-state index contributed by atoms with van der Waals surface area (Å²) in [4.78, 5) is 0. The number of nitrogens with two attached hydrogens (primary N) is 1. The van der Waals surface area contributed by atoms with E-state index in [1.165, 1.54) is 6.42 Å². The minimum atomic E-state index is -0.566. The fraction of sp³-hybridized carbons (Fsp3) is 0.625. The summed E-state index contributed by atoms with van der Waals surface area (Å²) in [5, 5.41) is 13.9. The Morgan fingerprint density at radius 3 is 2.63 bits per heavy atom. The quantitative estimate of drug-likeness (QED) is 0.730. The molecule has 106 valence electrons. The van der Waals surface area contributed by atoms with Gasteiger partial charge in [-0.3, -0.25) is 0 Å². The molecule has 0 amide bonds. The summed E-state index contributed by atoms with van der Waals surface area (Å²) < 4.78 is 0. The zero-order valence-corrected chi connectivity index (χ0v) is 12.1. The van der Waals surface area contributed by atoms with Crippen molar-refractivity contribution in [3.63, 3.8) is 0 Å². The first-order valence-electron chi connectivity index (χ1n) is 7.35. The second-order valence-electron chi connectivity index (χ2n) is 6.02. The van der Waals surface area contributed by atoms with Crippen LogP contribution in [0, 0.1) is 12.8 Å². The average Bonchev–Trinajstić information content (AvgIpc) is 2.39. The van der Waals surface area contributed by atoms with E-state index in [2.05, 4.69) is 12.2 Å². The third kappa shape index (κ3) is 3.63. The van der Waals surface area contributed by atoms with Gasteiger partial charge in [0.25, 0.3) is 0 Å². The highest BCUT2D eigenvalue weighted by Crippen LogP contribution is 2.34. The summed E-state index contributed by atoms with van der Waals surface area (Å²) in [6.07, 6.45) is 5.29. The first-order chi connectivity index (χ1) is 9.02. The third-order valence-corrected chi connectivity index (χ3v) is 4.43. The first kappa shape index (κ1) is 14.2. The molecular formula is C16H26N2O. The lowest BCUT2D eigenvalue weighted by Gasteiger charge is -2.36. The Morgan fingerprint density at radius 2 is 2.05 bits per heavy atom. The maximum atomic E-state index is 10.6. The molecule has 3 heteroatoms. The molecule has 2 rings (SSSR count). The summed E-state index contributed by atoms with van der Waals surface area (Å²) >= 11 is 0. The van der Waals surface area contributed by atoms with Gasteiger partial charge in [-0.1, -0.05) is 19.4 Å². The Labute approximate surface area is 116 Å². The van der Waals surface area contributed by atoms with Gasteiger partial charge in [0.1, 0.15) is 0 Å². The molecule has 0 heterocycles. The Morgan fingerprint density at radius 1 is 1.37 bits per heavy atom. The Kier molecular flexibility index (Phi) is 4.35. The van der Waals surface area contributed by atoms with E-state index in [0.29, 0.717) is 6.54 Å². The van der Waals surface area contributed by atoms with Gasteiger partial charge in [0.2, 0.25) is 0 Å². The van der Waals surface area contributed by atoms with Crippen LogP contribution in [0.5, 0.6) is 0 Å². The third-order valence-electron chi connectivity index (χ3n) is 4.43. The van der Waals surface area contributed by atoms with Crippen LogP contribution < -0.4 is 11.1 Å². The van der Waals surface area contributed by atoms with Crippen molar-refractivity contribution in [2.24, 2.45) is 5.92 Å². The van der Waals surface area contributed by atoms with Crippen molar-refractivity contribution in [1.29, 1.82) is 0 Å². The minimum absolute atomic E-state index is 0.566. The van der Waals surface area contributed by atoms with E-state index >= 15 is 0 Å². The van der Waals surface area contributed by atoms with E-state index in [9.17, 15) is 5.11 Å². The van der Waals surface area contributed by atoms with Gasteiger partial charge >= 0.3 is 0 Å². The maximum absolute atomic E-state index is 10.6. The molecule has 3 nitrogen and oxygen atoms in total. The lowest BCUT2D eigenvalue weighted by atomic mass is 9.78. The predicted molar refractivity (Wildman–Crippen MR) is 81.3 cm³/mol. The molecule has 0 aliphatic heterocycles. The van der Waals surface area contributed by atoms with Crippen molar-refractivity contribution < 1.29 is 5.11 Å². The maximum Gasteiger partial charge on any atom is 0.0819 e. The van der Waals surface area contributed by atoms with E-state index < -0.39 is 5.60 Å². The van der Waals surface area contributed by atoms with Crippen LogP contribution in [0.2, 0.25) is 0 Å². The van der Waals surface area contributed by atoms with Crippen molar-refractivity contribution >= 4 is 11.4 Å². The van der Waals surface area contributed by atoms with E-state index in [0.717, 1.165) is 48.5 Å². The topological polar surface area (TPSA) is 58.3 Å². The molecule has 1 aromatic carbocycles. The highest BCUT2D eigenvalue weighted by atomic mass is 16.3. The molecule has 0 atom stereocenters. The first-order valence-corrected chi connectivity index (χ1v) is 7.35. The summed E-state index contributed by atoms with van der Waals surface area (Å²) in [7, 11) is 0. The summed E-state index contributed by atoms with van der Waals surface area (Å²) in [5.74, 6) is 0.796. The molecule has 1 fully saturated rings. The van der Waals surface area contributed by atoms with Gasteiger partial charge in [0.15, 0.2) is 0 Å². The summed E-state index contributed by atoms with van der Waals surface area (Å²) in [6.45, 7) is 4.86. The van der Waals surface area contributed by atoms with Crippen molar-refractivity contribution in [1.82, 2.24) is 0 Å². The summed E-state index contributed by atoms with van der Waals surface area (Å²) in [5.41, 5.74) is 8.25. The van der Waals surface area contributed by atoms with Crippen LogP contribution in [0.4, 0.5) is 11.4 Å². The second-order valence-corrected chi connectivity index (χ2v) is 6.02. The van der Waals surface area contributed by atoms with Crippen LogP contribution in [0.1, 0.15) is 44.6 Å². The molecule has 0 aromatic heterocycles. The Bertz CT molecular complexity index is 423. The monoisotopic (exact) mass is 262 g/mol. The molecule has 0 bridgehead atoms. The van der Waals surface area contributed by atoms with E-state index in [4.69, 9.17) is 5.73 Å². The number of nitrogen functional groups attached to an aromatic ring is 1. The minimum Gasteiger partial charge on any atom is -0.397 e. The van der Waals surface area contributed by atoms with Gasteiger partial charge in [-0.25, -0.2) is 0 Å². The fourth-order valence-corrected chi connectivity index (χ4v) is 2.90. The van der Waals surface area contributed by atoms with Crippen molar-refractivity contribution in [2.45, 2.75) is 51.6 Å². The molecule has 0 radical (unpaired) electrons. The summed E-state index contributed by atoms with van der Waals surface area (Å²) in [6, 6.07) is 5.99. The number of anilines is 2. The average molecular weight is 262 g/mol. The number of aliphatic hydroxyl groups is 1. The molecule has 1 aromatic rings. The van der Waals surface area contributed by atoms with E-state index in [-0.39, 0.29) is 0 Å². The fourth-order valence-electron chi connectivity index (χ4n) is 2.90. The van der Waals surface area contributed by atoms with Crippen LogP contribution in [-0.4, -0.2) is 17.3 Å². The van der Waals surface area contributed by atoms with Gasteiger partial charge in [-0.05, 0) is 56.2 Å². The Hall–Kier alpha value is -1.22. The van der Waals surface area contributed by atoms with Gasteiger partial charge < -0.3 is 16.2 Å². The largest absolute Gasteiger partial charge is 0.397 e. The molecule has 0 unspecified atom stereocenters.